The van der Waals surface area contributed by atoms with Gasteiger partial charge in [0.15, 0.2) is 0 Å². The van der Waals surface area contributed by atoms with Crippen molar-refractivity contribution in [3.63, 3.8) is 0 Å². The van der Waals surface area contributed by atoms with Crippen LogP contribution >= 0.6 is 0 Å². The molecule has 1 heterocycles. The normalized spacial score (nSPS) is 42.3. The van der Waals surface area contributed by atoms with Gasteiger partial charge in [0.1, 0.15) is 11.8 Å². The molecule has 3 unspecified atom stereocenters. The van der Waals surface area contributed by atoms with Crippen LogP contribution in [0.15, 0.2) is 0 Å². The molecule has 19 heavy (non-hydrogen) atoms. The monoisotopic (exact) mass is 259 g/mol. The Balaban J connectivity index is 2.51. The number of nitrogens with zero attached hydrogens (tertiary/aromatic N) is 2. The summed E-state index contributed by atoms with van der Waals surface area (Å²) < 4.78 is 0. The minimum absolute atomic E-state index is 0.314. The van der Waals surface area contributed by atoms with Crippen molar-refractivity contribution in [2.45, 2.75) is 33.1 Å². The van der Waals surface area contributed by atoms with E-state index in [1.54, 1.807) is 0 Å². The van der Waals surface area contributed by atoms with Gasteiger partial charge in [0.25, 0.3) is 0 Å². The number of amides is 2. The molecule has 5 heteroatoms. The first-order chi connectivity index (χ1) is 8.94. The number of imide groups is 1. The van der Waals surface area contributed by atoms with Gasteiger partial charge in [-0.1, -0.05) is 13.8 Å². The molecule has 5 nitrogen and oxygen atoms in total. The van der Waals surface area contributed by atoms with Crippen molar-refractivity contribution in [3.05, 3.63) is 0 Å². The van der Waals surface area contributed by atoms with Gasteiger partial charge in [0.2, 0.25) is 11.8 Å². The van der Waals surface area contributed by atoms with Gasteiger partial charge in [-0.05, 0) is 31.1 Å². The Morgan fingerprint density at radius 3 is 1.84 bits per heavy atom. The Kier molecular flexibility index (Phi) is 3.32. The molecule has 1 spiro atoms. The summed E-state index contributed by atoms with van der Waals surface area (Å²) in [7, 11) is 0. The van der Waals surface area contributed by atoms with Crippen molar-refractivity contribution < 1.29 is 9.59 Å². The molecule has 0 aromatic heterocycles. The largest absolute Gasteiger partial charge is 0.294 e. The lowest BCUT2D eigenvalue weighted by Crippen LogP contribution is -2.59. The Morgan fingerprint density at radius 2 is 1.47 bits per heavy atom. The maximum absolute atomic E-state index is 11.9. The van der Waals surface area contributed by atoms with Gasteiger partial charge in [0, 0.05) is 5.41 Å². The number of rotatable bonds is 0. The van der Waals surface area contributed by atoms with Crippen LogP contribution in [-0.2, 0) is 9.59 Å². The molecule has 1 saturated carbocycles. The summed E-state index contributed by atoms with van der Waals surface area (Å²) in [6.07, 6.45) is 2.19. The van der Waals surface area contributed by atoms with Crippen LogP contribution in [0.25, 0.3) is 0 Å². The fourth-order valence-electron chi connectivity index (χ4n) is 4.03. The summed E-state index contributed by atoms with van der Waals surface area (Å²) >= 11 is 0. The topological polar surface area (TPSA) is 93.8 Å². The summed E-state index contributed by atoms with van der Waals surface area (Å²) in [6, 6.07) is 4.05. The molecule has 0 aromatic carbocycles. The van der Waals surface area contributed by atoms with Crippen LogP contribution in [0.3, 0.4) is 0 Å². The zero-order chi connectivity index (χ0) is 14.2. The minimum Gasteiger partial charge on any atom is -0.294 e. The molecule has 1 aliphatic carbocycles. The number of hydrogen-bond donors (Lipinski definition) is 1. The number of carbonyl (C=O) groups excluding carboxylic acids is 2. The number of carbonyl (C=O) groups is 2. The van der Waals surface area contributed by atoms with Crippen LogP contribution in [0.1, 0.15) is 33.1 Å². The molecule has 0 aromatic rings. The fraction of sp³-hybridized carbons (Fsp3) is 0.714. The molecular formula is C14H17N3O2. The number of hydrogen-bond acceptors (Lipinski definition) is 4. The SMILES string of the molecule is CC1C[C@@H](C)CC2(C1)C(C#N)C(=O)NC(=O)C2C#N. The van der Waals surface area contributed by atoms with Gasteiger partial charge >= 0.3 is 0 Å². The van der Waals surface area contributed by atoms with E-state index >= 15 is 0 Å². The molecule has 1 aliphatic heterocycles. The number of piperidine rings is 1. The highest BCUT2D eigenvalue weighted by Gasteiger charge is 2.58. The van der Waals surface area contributed by atoms with Crippen molar-refractivity contribution in [3.8, 4) is 12.1 Å². The van der Waals surface area contributed by atoms with E-state index in [4.69, 9.17) is 0 Å². The van der Waals surface area contributed by atoms with Crippen LogP contribution in [0, 0.1) is 51.7 Å². The van der Waals surface area contributed by atoms with E-state index in [0.717, 1.165) is 6.42 Å². The molecule has 4 atom stereocenters. The van der Waals surface area contributed by atoms with E-state index in [2.05, 4.69) is 19.2 Å². The molecule has 0 radical (unpaired) electrons. The first-order valence-electron chi connectivity index (χ1n) is 6.58. The van der Waals surface area contributed by atoms with E-state index in [0.29, 0.717) is 24.7 Å². The minimum atomic E-state index is -0.903. The molecule has 2 fully saturated rings. The summed E-state index contributed by atoms with van der Waals surface area (Å²) in [5, 5.41) is 20.8. The third-order valence-corrected chi connectivity index (χ3v) is 4.44. The quantitative estimate of drug-likeness (QED) is 0.665. The maximum Gasteiger partial charge on any atom is 0.244 e. The predicted molar refractivity (Wildman–Crippen MR) is 66.0 cm³/mol. The second-order valence-corrected chi connectivity index (χ2v) is 6.07. The lowest BCUT2D eigenvalue weighted by Gasteiger charge is -2.48. The van der Waals surface area contributed by atoms with Crippen LogP contribution < -0.4 is 5.32 Å². The Labute approximate surface area is 112 Å². The standard InChI is InChI=1S/C14H17N3O2/c1-8-3-9(2)5-14(4-8)10(6-15)12(18)17-13(19)11(14)7-16/h8-11H,3-5H2,1-2H3,(H,17,18,19)/t8-,9?,10?,11?,14?/m1/s1. The zero-order valence-corrected chi connectivity index (χ0v) is 11.1. The fourth-order valence-corrected chi connectivity index (χ4v) is 4.03. The van der Waals surface area contributed by atoms with Gasteiger partial charge in [-0.2, -0.15) is 10.5 Å². The summed E-state index contributed by atoms with van der Waals surface area (Å²) in [5.74, 6) is -2.26. The summed E-state index contributed by atoms with van der Waals surface area (Å²) in [4.78, 5) is 23.8. The summed E-state index contributed by atoms with van der Waals surface area (Å²) in [6.45, 7) is 4.11. The van der Waals surface area contributed by atoms with Gasteiger partial charge < -0.3 is 0 Å². The van der Waals surface area contributed by atoms with Crippen LogP contribution in [0.2, 0.25) is 0 Å². The van der Waals surface area contributed by atoms with Crippen molar-refractivity contribution in [2.24, 2.45) is 29.1 Å². The number of nitriles is 2. The van der Waals surface area contributed by atoms with Crippen LogP contribution in [-0.4, -0.2) is 11.8 Å². The molecule has 2 aliphatic rings. The van der Waals surface area contributed by atoms with Crippen molar-refractivity contribution in [2.75, 3.05) is 0 Å². The van der Waals surface area contributed by atoms with Crippen molar-refractivity contribution in [1.82, 2.24) is 5.32 Å². The Morgan fingerprint density at radius 1 is 1.05 bits per heavy atom. The van der Waals surface area contributed by atoms with Crippen LogP contribution in [0.4, 0.5) is 0 Å². The maximum atomic E-state index is 11.9. The zero-order valence-electron chi connectivity index (χ0n) is 11.1. The predicted octanol–water partition coefficient (Wildman–Crippen LogP) is 1.36. The average Bonchev–Trinajstić information content (AvgIpc) is 2.27. The molecule has 2 amide bonds. The first-order valence-corrected chi connectivity index (χ1v) is 6.58. The summed E-state index contributed by atoms with van der Waals surface area (Å²) in [5.41, 5.74) is -0.806. The van der Waals surface area contributed by atoms with E-state index in [-0.39, 0.29) is 0 Å². The smallest absolute Gasteiger partial charge is 0.244 e. The van der Waals surface area contributed by atoms with E-state index in [9.17, 15) is 20.1 Å². The van der Waals surface area contributed by atoms with Gasteiger partial charge in [0.05, 0.1) is 12.1 Å². The Bertz CT molecular complexity index is 456. The molecule has 100 valence electrons. The molecule has 0 bridgehead atoms. The second-order valence-electron chi connectivity index (χ2n) is 6.07. The third kappa shape index (κ3) is 2.00. The average molecular weight is 259 g/mol. The van der Waals surface area contributed by atoms with Gasteiger partial charge in [-0.3, -0.25) is 14.9 Å². The molecule has 2 rings (SSSR count). The third-order valence-electron chi connectivity index (χ3n) is 4.44. The lowest BCUT2D eigenvalue weighted by atomic mass is 9.54. The highest BCUT2D eigenvalue weighted by molar-refractivity contribution is 6.03. The van der Waals surface area contributed by atoms with Gasteiger partial charge in [-0.25, -0.2) is 0 Å². The van der Waals surface area contributed by atoms with E-state index in [1.165, 1.54) is 0 Å². The highest BCUT2D eigenvalue weighted by Crippen LogP contribution is 2.53. The van der Waals surface area contributed by atoms with E-state index in [1.807, 2.05) is 12.1 Å². The molecule has 1 N–H and O–H groups in total. The number of nitrogens with one attached hydrogen (secondary N) is 1. The van der Waals surface area contributed by atoms with Crippen LogP contribution in [0.5, 0.6) is 0 Å². The highest BCUT2D eigenvalue weighted by atomic mass is 16.2. The molecule has 1 saturated heterocycles. The van der Waals surface area contributed by atoms with Crippen molar-refractivity contribution >= 4 is 11.8 Å². The van der Waals surface area contributed by atoms with Crippen molar-refractivity contribution in [1.29, 1.82) is 10.5 Å². The molecular weight excluding hydrogens is 242 g/mol. The Hall–Kier alpha value is -1.88. The second kappa shape index (κ2) is 4.66. The lowest BCUT2D eigenvalue weighted by molar-refractivity contribution is -0.148. The van der Waals surface area contributed by atoms with E-state index < -0.39 is 29.1 Å². The van der Waals surface area contributed by atoms with Gasteiger partial charge in [-0.15, -0.1) is 0 Å². The first kappa shape index (κ1) is 13.5.